The van der Waals surface area contributed by atoms with Gasteiger partial charge in [0.25, 0.3) is 0 Å². The van der Waals surface area contributed by atoms with Gasteiger partial charge < -0.3 is 9.09 Å². The first-order valence-electron chi connectivity index (χ1n) is 6.71. The zero-order valence-corrected chi connectivity index (χ0v) is 11.4. The Labute approximate surface area is 112 Å². The van der Waals surface area contributed by atoms with E-state index >= 15 is 0 Å². The molecule has 1 aliphatic rings. The Morgan fingerprint density at radius 3 is 3.05 bits per heavy atom. The van der Waals surface area contributed by atoms with Gasteiger partial charge in [-0.3, -0.25) is 4.90 Å². The minimum atomic E-state index is 0.357. The molecule has 1 saturated heterocycles. The summed E-state index contributed by atoms with van der Waals surface area (Å²) in [4.78, 5) is 11.2. The number of likely N-dealkylation sites (tertiary alicyclic amines) is 1. The molecule has 0 unspecified atom stereocenters. The minimum absolute atomic E-state index is 0.357. The molecule has 6 nitrogen and oxygen atoms in total. The fraction of sp³-hybridized carbons (Fsp3) is 0.615. The van der Waals surface area contributed by atoms with Crippen molar-refractivity contribution in [1.29, 1.82) is 0 Å². The Hall–Kier alpha value is -1.69. The molecule has 6 heteroatoms. The van der Waals surface area contributed by atoms with Crippen molar-refractivity contribution >= 4 is 0 Å². The molecule has 0 bridgehead atoms. The Kier molecular flexibility index (Phi) is 3.33. The average Bonchev–Trinajstić information content (AvgIpc) is 3.00. The van der Waals surface area contributed by atoms with E-state index < -0.39 is 0 Å². The number of hydrogen-bond donors (Lipinski definition) is 0. The summed E-state index contributed by atoms with van der Waals surface area (Å²) >= 11 is 0. The second-order valence-electron chi connectivity index (χ2n) is 5.21. The molecule has 0 spiro atoms. The normalized spacial score (nSPS) is 20.8. The highest BCUT2D eigenvalue weighted by Crippen LogP contribution is 2.26. The van der Waals surface area contributed by atoms with E-state index in [1.165, 1.54) is 0 Å². The van der Waals surface area contributed by atoms with Crippen LogP contribution in [0.5, 0.6) is 0 Å². The molecule has 1 fully saturated rings. The van der Waals surface area contributed by atoms with E-state index in [9.17, 15) is 0 Å². The molecular weight excluding hydrogens is 242 g/mol. The molecule has 0 radical (unpaired) electrons. The van der Waals surface area contributed by atoms with E-state index in [2.05, 4.69) is 24.6 Å². The molecule has 0 saturated carbocycles. The van der Waals surface area contributed by atoms with Gasteiger partial charge in [0.2, 0.25) is 5.89 Å². The molecule has 2 aromatic rings. The van der Waals surface area contributed by atoms with Gasteiger partial charge in [0.1, 0.15) is 5.82 Å². The Balaban J connectivity index is 1.66. The zero-order chi connectivity index (χ0) is 13.2. The van der Waals surface area contributed by atoms with Crippen LogP contribution >= 0.6 is 0 Å². The third-order valence-electron chi connectivity index (χ3n) is 3.68. The lowest BCUT2D eigenvalue weighted by atomic mass is 9.98. The van der Waals surface area contributed by atoms with Gasteiger partial charge >= 0.3 is 0 Å². The van der Waals surface area contributed by atoms with E-state index in [1.54, 1.807) is 0 Å². The lowest BCUT2D eigenvalue weighted by molar-refractivity contribution is 0.175. The quantitative estimate of drug-likeness (QED) is 0.837. The summed E-state index contributed by atoms with van der Waals surface area (Å²) < 4.78 is 7.37. The molecule has 0 aromatic carbocycles. The molecule has 0 aliphatic carbocycles. The second-order valence-corrected chi connectivity index (χ2v) is 5.21. The van der Waals surface area contributed by atoms with Crippen molar-refractivity contribution in [3.05, 3.63) is 29.9 Å². The molecule has 3 rings (SSSR count). The summed E-state index contributed by atoms with van der Waals surface area (Å²) in [6.07, 6.45) is 6.12. The monoisotopic (exact) mass is 261 g/mol. The van der Waals surface area contributed by atoms with Crippen molar-refractivity contribution in [3.8, 4) is 0 Å². The third-order valence-corrected chi connectivity index (χ3v) is 3.68. The van der Waals surface area contributed by atoms with Crippen molar-refractivity contribution < 1.29 is 4.52 Å². The highest BCUT2D eigenvalue weighted by Gasteiger charge is 2.26. The van der Waals surface area contributed by atoms with E-state index in [1.807, 2.05) is 26.4 Å². The van der Waals surface area contributed by atoms with Crippen LogP contribution in [0.25, 0.3) is 0 Å². The van der Waals surface area contributed by atoms with E-state index in [0.29, 0.717) is 5.92 Å². The standard InChI is InChI=1S/C13H19N5O/c1-10-15-13(19-16-10)11-4-3-6-18(8-11)9-12-14-5-7-17(12)2/h5,7,11H,3-4,6,8-9H2,1-2H3/t11-/m1/s1. The summed E-state index contributed by atoms with van der Waals surface area (Å²) in [6, 6.07) is 0. The SMILES string of the molecule is Cc1noc([C@@H]2CCCN(Cc3nccn3C)C2)n1. The first-order valence-corrected chi connectivity index (χ1v) is 6.71. The van der Waals surface area contributed by atoms with Crippen LogP contribution < -0.4 is 0 Å². The van der Waals surface area contributed by atoms with Crippen molar-refractivity contribution in [2.24, 2.45) is 7.05 Å². The number of aryl methyl sites for hydroxylation is 2. The molecule has 3 heterocycles. The number of imidazole rings is 1. The average molecular weight is 261 g/mol. The number of nitrogens with zero attached hydrogens (tertiary/aromatic N) is 5. The number of rotatable bonds is 3. The largest absolute Gasteiger partial charge is 0.339 e. The molecule has 19 heavy (non-hydrogen) atoms. The van der Waals surface area contributed by atoms with E-state index in [4.69, 9.17) is 4.52 Å². The lowest BCUT2D eigenvalue weighted by Gasteiger charge is -2.30. The van der Waals surface area contributed by atoms with Gasteiger partial charge in [-0.2, -0.15) is 4.98 Å². The molecular formula is C13H19N5O. The topological polar surface area (TPSA) is 60.0 Å². The summed E-state index contributed by atoms with van der Waals surface area (Å²) in [5.74, 6) is 2.95. The van der Waals surface area contributed by atoms with Crippen LogP contribution in [0.3, 0.4) is 0 Å². The third kappa shape index (κ3) is 2.68. The minimum Gasteiger partial charge on any atom is -0.339 e. The van der Waals surface area contributed by atoms with Gasteiger partial charge in [0, 0.05) is 26.0 Å². The smallest absolute Gasteiger partial charge is 0.231 e. The van der Waals surface area contributed by atoms with Gasteiger partial charge in [0.05, 0.1) is 12.5 Å². The van der Waals surface area contributed by atoms with Crippen LogP contribution in [0.15, 0.2) is 16.9 Å². The fourth-order valence-electron chi connectivity index (χ4n) is 2.63. The molecule has 0 N–H and O–H groups in total. The van der Waals surface area contributed by atoms with Crippen molar-refractivity contribution in [3.63, 3.8) is 0 Å². The van der Waals surface area contributed by atoms with Gasteiger partial charge in [0.15, 0.2) is 5.82 Å². The van der Waals surface area contributed by atoms with Crippen molar-refractivity contribution in [2.75, 3.05) is 13.1 Å². The summed E-state index contributed by atoms with van der Waals surface area (Å²) in [5, 5.41) is 3.89. The van der Waals surface area contributed by atoms with Crippen LogP contribution in [-0.4, -0.2) is 37.7 Å². The number of aromatic nitrogens is 4. The molecule has 102 valence electrons. The highest BCUT2D eigenvalue weighted by molar-refractivity contribution is 4.98. The predicted octanol–water partition coefficient (Wildman–Crippen LogP) is 1.49. The van der Waals surface area contributed by atoms with Gasteiger partial charge in [-0.1, -0.05) is 5.16 Å². The van der Waals surface area contributed by atoms with Crippen LogP contribution in [0, 0.1) is 6.92 Å². The first-order chi connectivity index (χ1) is 9.22. The zero-order valence-electron chi connectivity index (χ0n) is 11.4. The Bertz CT molecular complexity index is 547. The van der Waals surface area contributed by atoms with Gasteiger partial charge in [-0.25, -0.2) is 4.98 Å². The number of hydrogen-bond acceptors (Lipinski definition) is 5. The maximum atomic E-state index is 5.30. The summed E-state index contributed by atoms with van der Waals surface area (Å²) in [5.41, 5.74) is 0. The van der Waals surface area contributed by atoms with Crippen LogP contribution in [0.4, 0.5) is 0 Å². The van der Waals surface area contributed by atoms with Crippen LogP contribution in [0.1, 0.15) is 36.3 Å². The first kappa shape index (κ1) is 12.3. The summed E-state index contributed by atoms with van der Waals surface area (Å²) in [7, 11) is 2.03. The number of piperidine rings is 1. The van der Waals surface area contributed by atoms with Gasteiger partial charge in [-0.15, -0.1) is 0 Å². The Morgan fingerprint density at radius 2 is 2.37 bits per heavy atom. The fourth-order valence-corrected chi connectivity index (χ4v) is 2.63. The van der Waals surface area contributed by atoms with Gasteiger partial charge in [-0.05, 0) is 26.3 Å². The van der Waals surface area contributed by atoms with Crippen LogP contribution in [0.2, 0.25) is 0 Å². The Morgan fingerprint density at radius 1 is 1.47 bits per heavy atom. The highest BCUT2D eigenvalue weighted by atomic mass is 16.5. The van der Waals surface area contributed by atoms with E-state index in [0.717, 1.165) is 50.0 Å². The maximum absolute atomic E-state index is 5.30. The van der Waals surface area contributed by atoms with Crippen molar-refractivity contribution in [2.45, 2.75) is 32.2 Å². The second kappa shape index (κ2) is 5.13. The molecule has 1 aliphatic heterocycles. The lowest BCUT2D eigenvalue weighted by Crippen LogP contribution is -2.34. The van der Waals surface area contributed by atoms with E-state index in [-0.39, 0.29) is 0 Å². The van der Waals surface area contributed by atoms with Crippen LogP contribution in [-0.2, 0) is 13.6 Å². The molecule has 0 amide bonds. The predicted molar refractivity (Wildman–Crippen MR) is 69.5 cm³/mol. The maximum Gasteiger partial charge on any atom is 0.231 e. The molecule has 1 atom stereocenters. The van der Waals surface area contributed by atoms with Crippen molar-refractivity contribution in [1.82, 2.24) is 24.6 Å². The molecule has 2 aromatic heterocycles. The summed E-state index contributed by atoms with van der Waals surface area (Å²) in [6.45, 7) is 4.82.